The van der Waals surface area contributed by atoms with E-state index in [0.29, 0.717) is 13.0 Å². The predicted molar refractivity (Wildman–Crippen MR) is 68.0 cm³/mol. The molecule has 0 aliphatic heterocycles. The van der Waals surface area contributed by atoms with Crippen molar-refractivity contribution in [3.63, 3.8) is 0 Å². The van der Waals surface area contributed by atoms with Gasteiger partial charge in [0.2, 0.25) is 0 Å². The molecule has 0 atom stereocenters. The van der Waals surface area contributed by atoms with Gasteiger partial charge in [-0.05, 0) is 48.4 Å². The van der Waals surface area contributed by atoms with Crippen LogP contribution in [0.1, 0.15) is 5.56 Å². The third-order valence-electron chi connectivity index (χ3n) is 2.71. The van der Waals surface area contributed by atoms with Crippen LogP contribution in [-0.4, -0.2) is 6.54 Å². The minimum atomic E-state index is -0.286. The number of nitrogens with two attached hydrogens (primary N) is 1. The van der Waals surface area contributed by atoms with Crippen LogP contribution >= 0.6 is 0 Å². The van der Waals surface area contributed by atoms with Crippen molar-refractivity contribution in [2.24, 2.45) is 5.84 Å². The Morgan fingerprint density at radius 1 is 0.833 bits per heavy atom. The molecule has 94 valence electrons. The fourth-order valence-corrected chi connectivity index (χ4v) is 1.66. The van der Waals surface area contributed by atoms with Gasteiger partial charge in [-0.15, -0.1) is 0 Å². The predicted octanol–water partition coefficient (Wildman–Crippen LogP) is 2.89. The zero-order chi connectivity index (χ0) is 13.0. The molecule has 18 heavy (non-hydrogen) atoms. The van der Waals surface area contributed by atoms with Crippen LogP contribution < -0.4 is 10.9 Å². The maximum Gasteiger partial charge on any atom is 0.123 e. The van der Waals surface area contributed by atoms with Crippen molar-refractivity contribution in [3.8, 4) is 0 Å². The van der Waals surface area contributed by atoms with Crippen molar-refractivity contribution in [2.45, 2.75) is 6.42 Å². The first-order valence-corrected chi connectivity index (χ1v) is 5.67. The zero-order valence-electron chi connectivity index (χ0n) is 9.81. The molecule has 0 fully saturated rings. The molecule has 0 aromatic heterocycles. The Kier molecular flexibility index (Phi) is 3.89. The molecule has 0 saturated heterocycles. The molecule has 0 saturated carbocycles. The van der Waals surface area contributed by atoms with E-state index in [-0.39, 0.29) is 11.6 Å². The van der Waals surface area contributed by atoms with Crippen molar-refractivity contribution >= 4 is 5.69 Å². The molecule has 0 bridgehead atoms. The van der Waals surface area contributed by atoms with Crippen LogP contribution in [0.2, 0.25) is 0 Å². The maximum atomic E-state index is 12.7. The molecule has 0 aliphatic rings. The average Bonchev–Trinajstić information content (AvgIpc) is 2.38. The first-order chi connectivity index (χ1) is 8.65. The summed E-state index contributed by atoms with van der Waals surface area (Å²) in [4.78, 5) is 0. The lowest BCUT2D eigenvalue weighted by Gasteiger charge is -2.18. The molecule has 0 amide bonds. The highest BCUT2D eigenvalue weighted by Crippen LogP contribution is 2.12. The Morgan fingerprint density at radius 3 is 1.89 bits per heavy atom. The Labute approximate surface area is 105 Å². The lowest BCUT2D eigenvalue weighted by atomic mass is 10.1. The molecular weight excluding hydrogens is 234 g/mol. The summed E-state index contributed by atoms with van der Waals surface area (Å²) in [6, 6.07) is 12.3. The first kappa shape index (κ1) is 12.5. The number of hydrazine groups is 1. The summed E-state index contributed by atoms with van der Waals surface area (Å²) in [5.74, 6) is 5.32. The third kappa shape index (κ3) is 3.28. The first-order valence-electron chi connectivity index (χ1n) is 5.67. The fourth-order valence-electron chi connectivity index (χ4n) is 1.66. The van der Waals surface area contributed by atoms with Crippen LogP contribution in [0.3, 0.4) is 0 Å². The standard InChI is InChI=1S/C14H14F2N2/c15-12-3-1-11(2-4-12)9-10-18(17)14-7-5-13(16)6-8-14/h1-8H,9-10,17H2. The lowest BCUT2D eigenvalue weighted by Crippen LogP contribution is -2.32. The van der Waals surface area contributed by atoms with E-state index in [9.17, 15) is 8.78 Å². The fraction of sp³-hybridized carbons (Fsp3) is 0.143. The Morgan fingerprint density at radius 2 is 1.33 bits per heavy atom. The summed E-state index contributed by atoms with van der Waals surface area (Å²) in [7, 11) is 0. The van der Waals surface area contributed by atoms with Gasteiger partial charge in [0.1, 0.15) is 11.6 Å². The highest BCUT2D eigenvalue weighted by Gasteiger charge is 2.02. The van der Waals surface area contributed by atoms with E-state index in [4.69, 9.17) is 5.84 Å². The van der Waals surface area contributed by atoms with Crippen LogP contribution in [0.15, 0.2) is 48.5 Å². The summed E-state index contributed by atoms with van der Waals surface area (Å²) in [6.45, 7) is 0.581. The molecule has 0 aliphatic carbocycles. The van der Waals surface area contributed by atoms with E-state index in [1.807, 2.05) is 0 Å². The van der Waals surface area contributed by atoms with Crippen molar-refractivity contribution in [2.75, 3.05) is 11.6 Å². The van der Waals surface area contributed by atoms with Gasteiger partial charge in [-0.1, -0.05) is 12.1 Å². The van der Waals surface area contributed by atoms with Gasteiger partial charge in [-0.25, -0.2) is 14.6 Å². The minimum Gasteiger partial charge on any atom is -0.311 e. The number of hydrogen-bond donors (Lipinski definition) is 1. The normalized spacial score (nSPS) is 10.4. The second kappa shape index (κ2) is 5.60. The SMILES string of the molecule is NN(CCc1ccc(F)cc1)c1ccc(F)cc1. The molecule has 2 aromatic rings. The van der Waals surface area contributed by atoms with Gasteiger partial charge < -0.3 is 5.01 Å². The van der Waals surface area contributed by atoms with Crippen LogP contribution in [0, 0.1) is 11.6 Å². The van der Waals surface area contributed by atoms with Crippen LogP contribution in [0.4, 0.5) is 14.5 Å². The lowest BCUT2D eigenvalue weighted by molar-refractivity contribution is 0.627. The smallest absolute Gasteiger partial charge is 0.123 e. The molecule has 2 N–H and O–H groups in total. The molecule has 0 unspecified atom stereocenters. The number of anilines is 1. The van der Waals surface area contributed by atoms with Crippen LogP contribution in [-0.2, 0) is 6.42 Å². The van der Waals surface area contributed by atoms with Crippen LogP contribution in [0.25, 0.3) is 0 Å². The van der Waals surface area contributed by atoms with E-state index in [1.165, 1.54) is 24.3 Å². The quantitative estimate of drug-likeness (QED) is 0.666. The molecular formula is C14H14F2N2. The second-order valence-corrected chi connectivity index (χ2v) is 4.05. The summed E-state index contributed by atoms with van der Waals surface area (Å²) in [6.07, 6.45) is 0.703. The highest BCUT2D eigenvalue weighted by molar-refractivity contribution is 5.44. The van der Waals surface area contributed by atoms with Gasteiger partial charge in [0, 0.05) is 6.54 Å². The van der Waals surface area contributed by atoms with Crippen LogP contribution in [0.5, 0.6) is 0 Å². The molecule has 2 aromatic carbocycles. The Hall–Kier alpha value is -1.94. The van der Waals surface area contributed by atoms with E-state index in [2.05, 4.69) is 0 Å². The molecule has 2 nitrogen and oxygen atoms in total. The van der Waals surface area contributed by atoms with E-state index in [0.717, 1.165) is 11.3 Å². The van der Waals surface area contributed by atoms with E-state index < -0.39 is 0 Å². The number of rotatable bonds is 4. The monoisotopic (exact) mass is 248 g/mol. The van der Waals surface area contributed by atoms with Gasteiger partial charge in [0.15, 0.2) is 0 Å². The number of nitrogens with zero attached hydrogens (tertiary/aromatic N) is 1. The minimum absolute atomic E-state index is 0.248. The maximum absolute atomic E-state index is 12.7. The molecule has 4 heteroatoms. The van der Waals surface area contributed by atoms with Crippen molar-refractivity contribution in [1.29, 1.82) is 0 Å². The Bertz CT molecular complexity index is 494. The van der Waals surface area contributed by atoms with Gasteiger partial charge in [0.05, 0.1) is 5.69 Å². The van der Waals surface area contributed by atoms with E-state index in [1.54, 1.807) is 29.3 Å². The Balaban J connectivity index is 1.93. The van der Waals surface area contributed by atoms with Gasteiger partial charge in [-0.2, -0.15) is 0 Å². The number of benzene rings is 2. The largest absolute Gasteiger partial charge is 0.311 e. The molecule has 2 rings (SSSR count). The third-order valence-corrected chi connectivity index (χ3v) is 2.71. The topological polar surface area (TPSA) is 29.3 Å². The summed E-state index contributed by atoms with van der Waals surface area (Å²) in [5, 5.41) is 1.54. The summed E-state index contributed by atoms with van der Waals surface area (Å²) in [5.41, 5.74) is 1.76. The average molecular weight is 248 g/mol. The number of hydrogen-bond acceptors (Lipinski definition) is 2. The van der Waals surface area contributed by atoms with Gasteiger partial charge in [0.25, 0.3) is 0 Å². The molecule has 0 heterocycles. The molecule has 0 spiro atoms. The van der Waals surface area contributed by atoms with Crippen molar-refractivity contribution < 1.29 is 8.78 Å². The molecule has 0 radical (unpaired) electrons. The van der Waals surface area contributed by atoms with Crippen molar-refractivity contribution in [3.05, 3.63) is 65.7 Å². The van der Waals surface area contributed by atoms with E-state index >= 15 is 0 Å². The number of halogens is 2. The zero-order valence-corrected chi connectivity index (χ0v) is 9.81. The summed E-state index contributed by atoms with van der Waals surface area (Å²) < 4.78 is 25.5. The van der Waals surface area contributed by atoms with Crippen molar-refractivity contribution in [1.82, 2.24) is 0 Å². The highest BCUT2D eigenvalue weighted by atomic mass is 19.1. The van der Waals surface area contributed by atoms with Gasteiger partial charge in [-0.3, -0.25) is 0 Å². The van der Waals surface area contributed by atoms with Gasteiger partial charge >= 0.3 is 0 Å². The second-order valence-electron chi connectivity index (χ2n) is 4.05. The summed E-state index contributed by atoms with van der Waals surface area (Å²) >= 11 is 0.